The fraction of sp³-hybridized carbons (Fsp3) is 0.480. The predicted molar refractivity (Wildman–Crippen MR) is 120 cm³/mol. The van der Waals surface area contributed by atoms with Crippen LogP contribution in [0.4, 0.5) is 4.39 Å². The van der Waals surface area contributed by atoms with Crippen LogP contribution in [0.3, 0.4) is 0 Å². The normalized spacial score (nSPS) is 22.0. The first-order valence-corrected chi connectivity index (χ1v) is 11.6. The molecule has 6 heteroatoms. The predicted octanol–water partition coefficient (Wildman–Crippen LogP) is 5.85. The molecule has 2 aliphatic rings. The molecule has 0 radical (unpaired) electrons. The van der Waals surface area contributed by atoms with Crippen LogP contribution >= 0.6 is 11.6 Å². The van der Waals surface area contributed by atoms with Gasteiger partial charge in [-0.1, -0.05) is 61.2 Å². The molecule has 31 heavy (non-hydrogen) atoms. The number of benzene rings is 2. The van der Waals surface area contributed by atoms with Gasteiger partial charge in [-0.15, -0.1) is 0 Å². The number of carbonyl (C=O) groups excluding carboxylic acids is 1. The number of nitrogens with zero attached hydrogens (tertiary/aromatic N) is 1. The maximum atomic E-state index is 14.5. The SMILES string of the molecule is COc1cc(CNC2CCC(c3ccccc3)N2C(=O)C2CCCCC2)c(F)cc1Cl. The lowest BCUT2D eigenvalue weighted by Crippen LogP contribution is -2.48. The minimum Gasteiger partial charge on any atom is -0.495 e. The highest BCUT2D eigenvalue weighted by Crippen LogP contribution is 2.38. The molecule has 2 unspecified atom stereocenters. The average Bonchev–Trinajstić information content (AvgIpc) is 3.23. The van der Waals surface area contributed by atoms with Crippen molar-refractivity contribution in [2.45, 2.75) is 63.7 Å². The third-order valence-electron chi connectivity index (χ3n) is 6.63. The minimum atomic E-state index is -0.374. The fourth-order valence-corrected chi connectivity index (χ4v) is 5.20. The van der Waals surface area contributed by atoms with E-state index in [0.29, 0.717) is 17.9 Å². The Bertz CT molecular complexity index is 902. The number of amides is 1. The first-order valence-electron chi connectivity index (χ1n) is 11.2. The lowest BCUT2D eigenvalue weighted by atomic mass is 9.88. The Morgan fingerprint density at radius 2 is 1.87 bits per heavy atom. The van der Waals surface area contributed by atoms with Crippen LogP contribution in [0.5, 0.6) is 5.75 Å². The van der Waals surface area contributed by atoms with Crippen molar-refractivity contribution in [3.63, 3.8) is 0 Å². The summed E-state index contributed by atoms with van der Waals surface area (Å²) in [5.41, 5.74) is 1.64. The highest BCUT2D eigenvalue weighted by molar-refractivity contribution is 6.32. The third kappa shape index (κ3) is 4.88. The second kappa shape index (κ2) is 10.0. The second-order valence-electron chi connectivity index (χ2n) is 8.56. The molecule has 1 aliphatic carbocycles. The van der Waals surface area contributed by atoms with Crippen molar-refractivity contribution >= 4 is 17.5 Å². The zero-order valence-corrected chi connectivity index (χ0v) is 18.7. The molecule has 1 heterocycles. The Kier molecular flexibility index (Phi) is 7.13. The van der Waals surface area contributed by atoms with Crippen molar-refractivity contribution in [2.75, 3.05) is 7.11 Å². The van der Waals surface area contributed by atoms with E-state index in [1.807, 2.05) is 23.1 Å². The van der Waals surface area contributed by atoms with Gasteiger partial charge in [0.1, 0.15) is 11.6 Å². The van der Waals surface area contributed by atoms with Gasteiger partial charge in [-0.25, -0.2) is 4.39 Å². The Hall–Kier alpha value is -2.11. The van der Waals surface area contributed by atoms with Gasteiger partial charge < -0.3 is 9.64 Å². The van der Waals surface area contributed by atoms with Crippen LogP contribution in [0.25, 0.3) is 0 Å². The molecule has 166 valence electrons. The van der Waals surface area contributed by atoms with Gasteiger partial charge in [0.2, 0.25) is 5.91 Å². The van der Waals surface area contributed by atoms with E-state index in [9.17, 15) is 9.18 Å². The van der Waals surface area contributed by atoms with E-state index in [1.54, 1.807) is 6.07 Å². The number of methoxy groups -OCH3 is 1. The van der Waals surface area contributed by atoms with Crippen molar-refractivity contribution in [2.24, 2.45) is 5.92 Å². The molecule has 0 spiro atoms. The van der Waals surface area contributed by atoms with Crippen molar-refractivity contribution in [1.82, 2.24) is 10.2 Å². The van der Waals surface area contributed by atoms with Gasteiger partial charge in [0.15, 0.2) is 0 Å². The largest absolute Gasteiger partial charge is 0.495 e. The smallest absolute Gasteiger partial charge is 0.227 e. The molecular weight excluding hydrogens is 415 g/mol. The maximum Gasteiger partial charge on any atom is 0.227 e. The molecule has 1 saturated heterocycles. The van der Waals surface area contributed by atoms with Crippen LogP contribution < -0.4 is 10.1 Å². The summed E-state index contributed by atoms with van der Waals surface area (Å²) >= 11 is 6.03. The molecule has 2 aromatic carbocycles. The van der Waals surface area contributed by atoms with E-state index in [1.165, 1.54) is 19.6 Å². The van der Waals surface area contributed by atoms with Gasteiger partial charge in [0, 0.05) is 18.0 Å². The molecular formula is C25H30ClFN2O2. The average molecular weight is 445 g/mol. The topological polar surface area (TPSA) is 41.6 Å². The summed E-state index contributed by atoms with van der Waals surface area (Å²) in [7, 11) is 1.52. The fourth-order valence-electron chi connectivity index (χ4n) is 4.97. The van der Waals surface area contributed by atoms with Gasteiger partial charge in [-0.05, 0) is 43.4 Å². The number of rotatable bonds is 6. The van der Waals surface area contributed by atoms with Crippen LogP contribution in [0, 0.1) is 11.7 Å². The summed E-state index contributed by atoms with van der Waals surface area (Å²) in [6, 6.07) is 13.2. The van der Waals surface area contributed by atoms with Crippen LogP contribution in [0.2, 0.25) is 5.02 Å². The van der Waals surface area contributed by atoms with Crippen LogP contribution in [0.1, 0.15) is 62.1 Å². The van der Waals surface area contributed by atoms with Crippen LogP contribution in [-0.2, 0) is 11.3 Å². The van der Waals surface area contributed by atoms with E-state index in [-0.39, 0.29) is 34.9 Å². The molecule has 2 aromatic rings. The highest BCUT2D eigenvalue weighted by atomic mass is 35.5. The van der Waals surface area contributed by atoms with Gasteiger partial charge in [0.25, 0.3) is 0 Å². The third-order valence-corrected chi connectivity index (χ3v) is 6.92. The summed E-state index contributed by atoms with van der Waals surface area (Å²) in [5.74, 6) is 0.400. The summed E-state index contributed by atoms with van der Waals surface area (Å²) in [5, 5.41) is 3.70. The summed E-state index contributed by atoms with van der Waals surface area (Å²) < 4.78 is 19.7. The molecule has 1 saturated carbocycles. The summed E-state index contributed by atoms with van der Waals surface area (Å²) in [6.07, 6.45) is 6.99. The van der Waals surface area contributed by atoms with Crippen LogP contribution in [0.15, 0.2) is 42.5 Å². The van der Waals surface area contributed by atoms with Crippen molar-refractivity contribution in [3.05, 3.63) is 64.4 Å². The molecule has 0 aromatic heterocycles. The standard InChI is InChI=1S/C25H30ClFN2O2/c1-31-23-14-19(21(27)15-20(23)26)16-28-24-13-12-22(17-8-4-2-5-9-17)29(24)25(30)18-10-6-3-7-11-18/h2,4-5,8-9,14-15,18,22,24,28H,3,6-7,10-13,16H2,1H3. The second-order valence-corrected chi connectivity index (χ2v) is 8.97. The maximum absolute atomic E-state index is 14.5. The number of likely N-dealkylation sites (tertiary alicyclic amines) is 1. The molecule has 1 N–H and O–H groups in total. The van der Waals surface area contributed by atoms with Crippen molar-refractivity contribution in [3.8, 4) is 5.75 Å². The number of hydrogen-bond acceptors (Lipinski definition) is 3. The van der Waals surface area contributed by atoms with Crippen LogP contribution in [-0.4, -0.2) is 24.1 Å². The number of ether oxygens (including phenoxy) is 1. The molecule has 2 atom stereocenters. The van der Waals surface area contributed by atoms with E-state index >= 15 is 0 Å². The highest BCUT2D eigenvalue weighted by Gasteiger charge is 2.40. The van der Waals surface area contributed by atoms with Crippen molar-refractivity contribution in [1.29, 1.82) is 0 Å². The number of nitrogens with one attached hydrogen (secondary N) is 1. The van der Waals surface area contributed by atoms with Gasteiger partial charge in [-0.2, -0.15) is 0 Å². The zero-order valence-electron chi connectivity index (χ0n) is 17.9. The molecule has 4 rings (SSSR count). The Morgan fingerprint density at radius 1 is 1.13 bits per heavy atom. The van der Waals surface area contributed by atoms with E-state index in [2.05, 4.69) is 17.4 Å². The molecule has 2 fully saturated rings. The van der Waals surface area contributed by atoms with E-state index in [0.717, 1.165) is 44.1 Å². The lowest BCUT2D eigenvalue weighted by Gasteiger charge is -2.35. The monoisotopic (exact) mass is 444 g/mol. The zero-order chi connectivity index (χ0) is 21.8. The summed E-state index contributed by atoms with van der Waals surface area (Å²) in [4.78, 5) is 15.6. The molecule has 4 nitrogen and oxygen atoms in total. The van der Waals surface area contributed by atoms with Gasteiger partial charge in [-0.3, -0.25) is 10.1 Å². The molecule has 1 amide bonds. The first kappa shape index (κ1) is 22.1. The Morgan fingerprint density at radius 3 is 2.58 bits per heavy atom. The molecule has 1 aliphatic heterocycles. The number of hydrogen-bond donors (Lipinski definition) is 1. The number of carbonyl (C=O) groups is 1. The van der Waals surface area contributed by atoms with E-state index in [4.69, 9.17) is 16.3 Å². The van der Waals surface area contributed by atoms with Crippen molar-refractivity contribution < 1.29 is 13.9 Å². The van der Waals surface area contributed by atoms with E-state index < -0.39 is 0 Å². The lowest BCUT2D eigenvalue weighted by molar-refractivity contribution is -0.140. The summed E-state index contributed by atoms with van der Waals surface area (Å²) in [6.45, 7) is 0.306. The van der Waals surface area contributed by atoms with Gasteiger partial charge in [0.05, 0.1) is 24.3 Å². The Balaban J connectivity index is 1.55. The first-order chi connectivity index (χ1) is 15.1. The quantitative estimate of drug-likeness (QED) is 0.607. The number of halogens is 2. The minimum absolute atomic E-state index is 0.0535. The Labute approximate surface area is 188 Å². The van der Waals surface area contributed by atoms with Gasteiger partial charge >= 0.3 is 0 Å². The molecule has 0 bridgehead atoms.